The maximum Gasteiger partial charge on any atom is 0.122 e. The van der Waals surface area contributed by atoms with Crippen molar-refractivity contribution in [2.24, 2.45) is 0 Å². The van der Waals surface area contributed by atoms with E-state index in [0.29, 0.717) is 5.92 Å². The van der Waals surface area contributed by atoms with Crippen LogP contribution in [0.25, 0.3) is 0 Å². The average molecular weight is 226 g/mol. The van der Waals surface area contributed by atoms with E-state index in [1.54, 1.807) is 14.2 Å². The van der Waals surface area contributed by atoms with Crippen molar-refractivity contribution in [1.82, 2.24) is 0 Å². The third kappa shape index (κ3) is 3.06. The van der Waals surface area contributed by atoms with Gasteiger partial charge in [-0.1, -0.05) is 6.92 Å². The molecule has 0 fully saturated rings. The van der Waals surface area contributed by atoms with Gasteiger partial charge in [0.05, 0.1) is 14.2 Å². The Bertz CT molecular complexity index is 312. The van der Waals surface area contributed by atoms with E-state index in [1.165, 1.54) is 5.56 Å². The van der Waals surface area contributed by atoms with Crippen LogP contribution in [-0.2, 0) is 0 Å². The van der Waals surface area contributed by atoms with Gasteiger partial charge >= 0.3 is 0 Å². The van der Waals surface area contributed by atoms with Gasteiger partial charge in [-0.15, -0.1) is 0 Å². The zero-order valence-electron chi connectivity index (χ0n) is 9.49. The molecule has 0 spiro atoms. The summed E-state index contributed by atoms with van der Waals surface area (Å²) >= 11 is 4.25. The van der Waals surface area contributed by atoms with E-state index in [4.69, 9.17) is 9.47 Å². The minimum Gasteiger partial charge on any atom is -0.497 e. The SMILES string of the molecule is COc1ccc(OC)c(C(C)CCS)c1. The van der Waals surface area contributed by atoms with Crippen LogP contribution in [0.4, 0.5) is 0 Å². The van der Waals surface area contributed by atoms with E-state index < -0.39 is 0 Å². The van der Waals surface area contributed by atoms with Crippen LogP contribution in [0.5, 0.6) is 11.5 Å². The quantitative estimate of drug-likeness (QED) is 0.778. The molecule has 0 aromatic heterocycles. The number of methoxy groups -OCH3 is 2. The van der Waals surface area contributed by atoms with E-state index in [0.717, 1.165) is 23.7 Å². The molecule has 1 unspecified atom stereocenters. The molecule has 0 radical (unpaired) electrons. The molecule has 1 rings (SSSR count). The predicted octanol–water partition coefficient (Wildman–Crippen LogP) is 3.13. The Balaban J connectivity index is 3.00. The van der Waals surface area contributed by atoms with E-state index in [-0.39, 0.29) is 0 Å². The Morgan fingerprint density at radius 1 is 1.27 bits per heavy atom. The van der Waals surface area contributed by atoms with Gasteiger partial charge in [-0.2, -0.15) is 12.6 Å². The topological polar surface area (TPSA) is 18.5 Å². The van der Waals surface area contributed by atoms with Crippen molar-refractivity contribution in [3.05, 3.63) is 23.8 Å². The molecule has 0 saturated carbocycles. The Kier molecular flexibility index (Phi) is 4.82. The molecule has 0 heterocycles. The number of rotatable bonds is 5. The maximum absolute atomic E-state index is 5.33. The van der Waals surface area contributed by atoms with Gasteiger partial charge in [0.15, 0.2) is 0 Å². The number of benzene rings is 1. The van der Waals surface area contributed by atoms with E-state index in [2.05, 4.69) is 19.6 Å². The fourth-order valence-corrected chi connectivity index (χ4v) is 1.96. The second-order valence-electron chi connectivity index (χ2n) is 3.52. The minimum atomic E-state index is 0.438. The molecule has 1 aromatic carbocycles. The molecule has 3 heteroatoms. The first-order valence-corrected chi connectivity index (χ1v) is 5.69. The summed E-state index contributed by atoms with van der Waals surface area (Å²) in [6.07, 6.45) is 1.03. The number of hydrogen-bond donors (Lipinski definition) is 1. The standard InChI is InChI=1S/C12H18O2S/c1-9(6-7-15)11-8-10(13-2)4-5-12(11)14-3/h4-5,8-9,15H,6-7H2,1-3H3. The van der Waals surface area contributed by atoms with Crippen LogP contribution < -0.4 is 9.47 Å². The molecule has 0 bridgehead atoms. The first-order valence-electron chi connectivity index (χ1n) is 5.05. The van der Waals surface area contributed by atoms with Gasteiger partial charge in [0.2, 0.25) is 0 Å². The third-order valence-electron chi connectivity index (χ3n) is 2.53. The van der Waals surface area contributed by atoms with Crippen molar-refractivity contribution < 1.29 is 9.47 Å². The summed E-state index contributed by atoms with van der Waals surface area (Å²) in [6.45, 7) is 2.17. The highest BCUT2D eigenvalue weighted by molar-refractivity contribution is 7.80. The van der Waals surface area contributed by atoms with Gasteiger partial charge < -0.3 is 9.47 Å². The molecule has 2 nitrogen and oxygen atoms in total. The molecule has 0 amide bonds. The highest BCUT2D eigenvalue weighted by Gasteiger charge is 2.11. The average Bonchev–Trinajstić information content (AvgIpc) is 2.28. The largest absolute Gasteiger partial charge is 0.497 e. The summed E-state index contributed by atoms with van der Waals surface area (Å²) in [4.78, 5) is 0. The van der Waals surface area contributed by atoms with Crippen molar-refractivity contribution in [2.45, 2.75) is 19.3 Å². The molecule has 1 aromatic rings. The number of ether oxygens (including phenoxy) is 2. The van der Waals surface area contributed by atoms with Crippen LogP contribution in [0.15, 0.2) is 18.2 Å². The minimum absolute atomic E-state index is 0.438. The molecule has 0 aliphatic heterocycles. The van der Waals surface area contributed by atoms with Crippen molar-refractivity contribution in [2.75, 3.05) is 20.0 Å². The highest BCUT2D eigenvalue weighted by Crippen LogP contribution is 2.32. The number of hydrogen-bond acceptors (Lipinski definition) is 3. The van der Waals surface area contributed by atoms with E-state index in [1.807, 2.05) is 18.2 Å². The number of thiol groups is 1. The fraction of sp³-hybridized carbons (Fsp3) is 0.500. The predicted molar refractivity (Wildman–Crippen MR) is 66.4 cm³/mol. The summed E-state index contributed by atoms with van der Waals surface area (Å²) in [5.74, 6) is 3.11. The van der Waals surface area contributed by atoms with Crippen LogP contribution >= 0.6 is 12.6 Å². The normalized spacial score (nSPS) is 12.3. The lowest BCUT2D eigenvalue weighted by atomic mass is 9.97. The summed E-state index contributed by atoms with van der Waals surface area (Å²) in [5.41, 5.74) is 1.19. The van der Waals surface area contributed by atoms with Crippen molar-refractivity contribution in [1.29, 1.82) is 0 Å². The van der Waals surface area contributed by atoms with Gasteiger partial charge in [-0.3, -0.25) is 0 Å². The zero-order chi connectivity index (χ0) is 11.3. The van der Waals surface area contributed by atoms with Crippen LogP contribution in [0.2, 0.25) is 0 Å². The molecule has 0 aliphatic carbocycles. The Hall–Kier alpha value is -0.830. The Morgan fingerprint density at radius 2 is 2.00 bits per heavy atom. The van der Waals surface area contributed by atoms with Crippen molar-refractivity contribution >= 4 is 12.6 Å². The van der Waals surface area contributed by atoms with Crippen LogP contribution in [0.1, 0.15) is 24.8 Å². The van der Waals surface area contributed by atoms with Gasteiger partial charge in [0.1, 0.15) is 11.5 Å². The van der Waals surface area contributed by atoms with Crippen LogP contribution in [0, 0.1) is 0 Å². The smallest absolute Gasteiger partial charge is 0.122 e. The van der Waals surface area contributed by atoms with Gasteiger partial charge in [-0.05, 0) is 36.3 Å². The second-order valence-corrected chi connectivity index (χ2v) is 3.97. The van der Waals surface area contributed by atoms with Gasteiger partial charge in [-0.25, -0.2) is 0 Å². The van der Waals surface area contributed by atoms with Crippen molar-refractivity contribution in [3.8, 4) is 11.5 Å². The lowest BCUT2D eigenvalue weighted by Gasteiger charge is -2.15. The molecular formula is C12H18O2S. The van der Waals surface area contributed by atoms with E-state index in [9.17, 15) is 0 Å². The second kappa shape index (κ2) is 5.91. The molecular weight excluding hydrogens is 208 g/mol. The summed E-state index contributed by atoms with van der Waals surface area (Å²) in [7, 11) is 3.37. The Labute approximate surface area is 97.0 Å². The summed E-state index contributed by atoms with van der Waals surface area (Å²) < 4.78 is 10.5. The third-order valence-corrected chi connectivity index (χ3v) is 2.79. The fourth-order valence-electron chi connectivity index (χ4n) is 1.57. The van der Waals surface area contributed by atoms with Gasteiger partial charge in [0, 0.05) is 5.56 Å². The molecule has 0 saturated heterocycles. The lowest BCUT2D eigenvalue weighted by Crippen LogP contribution is -1.99. The molecule has 0 aliphatic rings. The summed E-state index contributed by atoms with van der Waals surface area (Å²) in [5, 5.41) is 0. The van der Waals surface area contributed by atoms with Crippen molar-refractivity contribution in [3.63, 3.8) is 0 Å². The monoisotopic (exact) mass is 226 g/mol. The summed E-state index contributed by atoms with van der Waals surface area (Å²) in [6, 6.07) is 5.89. The Morgan fingerprint density at radius 3 is 2.53 bits per heavy atom. The zero-order valence-corrected chi connectivity index (χ0v) is 10.4. The molecule has 1 atom stereocenters. The first kappa shape index (κ1) is 12.2. The maximum atomic E-state index is 5.33. The lowest BCUT2D eigenvalue weighted by molar-refractivity contribution is 0.395. The first-order chi connectivity index (χ1) is 7.22. The van der Waals surface area contributed by atoms with Crippen LogP contribution in [-0.4, -0.2) is 20.0 Å². The van der Waals surface area contributed by atoms with Gasteiger partial charge in [0.25, 0.3) is 0 Å². The molecule has 15 heavy (non-hydrogen) atoms. The van der Waals surface area contributed by atoms with E-state index >= 15 is 0 Å². The van der Waals surface area contributed by atoms with Crippen LogP contribution in [0.3, 0.4) is 0 Å². The highest BCUT2D eigenvalue weighted by atomic mass is 32.1. The molecule has 0 N–H and O–H groups in total. The molecule has 84 valence electrons.